The minimum atomic E-state index is -1.000. The summed E-state index contributed by atoms with van der Waals surface area (Å²) in [6.45, 7) is 2.00. The van der Waals surface area contributed by atoms with Crippen LogP contribution in [0, 0.1) is 12.7 Å². The molecule has 7 nitrogen and oxygen atoms in total. The predicted octanol–water partition coefficient (Wildman–Crippen LogP) is 3.69. The second kappa shape index (κ2) is 10.6. The number of nitrogens with zero attached hydrogens (tertiary/aromatic N) is 2. The maximum absolute atomic E-state index is 14.6. The number of halogens is 1. The quantitative estimate of drug-likeness (QED) is 0.360. The van der Waals surface area contributed by atoms with Gasteiger partial charge in [0, 0.05) is 25.3 Å². The number of aliphatic hydroxyl groups excluding tert-OH is 1. The molecule has 2 atom stereocenters. The number of fused-ring (bicyclic) bond motifs is 1. The van der Waals surface area contributed by atoms with Crippen molar-refractivity contribution in [2.24, 2.45) is 0 Å². The molecule has 4 rings (SSSR count). The molecule has 0 fully saturated rings. The number of nitrogens with one attached hydrogen (secondary N) is 1. The molecule has 2 aromatic carbocycles. The first-order valence-corrected chi connectivity index (χ1v) is 11.2. The number of aliphatic hydroxyl groups is 1. The lowest BCUT2D eigenvalue weighted by Crippen LogP contribution is -2.42. The first kappa shape index (κ1) is 24.3. The zero-order valence-corrected chi connectivity index (χ0v) is 19.4. The Labute approximate surface area is 202 Å². The summed E-state index contributed by atoms with van der Waals surface area (Å²) < 4.78 is 21.4. The van der Waals surface area contributed by atoms with Gasteiger partial charge in [-0.05, 0) is 53.9 Å². The van der Waals surface area contributed by atoms with Gasteiger partial charge in [0.1, 0.15) is 23.3 Å². The molecule has 2 N–H and O–H groups in total. The summed E-state index contributed by atoms with van der Waals surface area (Å²) in [4.78, 5) is 30.1. The van der Waals surface area contributed by atoms with Crippen molar-refractivity contribution in [1.29, 1.82) is 0 Å². The van der Waals surface area contributed by atoms with Gasteiger partial charge in [0.15, 0.2) is 5.78 Å². The molecule has 2 aromatic heterocycles. The molecule has 35 heavy (non-hydrogen) atoms. The molecule has 0 aliphatic carbocycles. The molecule has 0 bridgehead atoms. The Morgan fingerprint density at radius 2 is 1.91 bits per heavy atom. The number of carbonyl (C=O) groups excluding carboxylic acids is 2. The average molecular weight is 476 g/mol. The molecular weight excluding hydrogens is 449 g/mol. The van der Waals surface area contributed by atoms with Gasteiger partial charge < -0.3 is 15.2 Å². The Hall–Kier alpha value is -3.88. The van der Waals surface area contributed by atoms with Crippen molar-refractivity contribution in [2.75, 3.05) is 13.7 Å². The fourth-order valence-corrected chi connectivity index (χ4v) is 3.93. The number of hydrogen-bond acceptors (Lipinski definition) is 5. The molecule has 8 heteroatoms. The predicted molar refractivity (Wildman–Crippen MR) is 129 cm³/mol. The van der Waals surface area contributed by atoms with Gasteiger partial charge in [-0.3, -0.25) is 14.0 Å². The molecule has 0 aliphatic heterocycles. The third kappa shape index (κ3) is 5.45. The first-order valence-electron chi connectivity index (χ1n) is 11.2. The second-order valence-electron chi connectivity index (χ2n) is 8.37. The summed E-state index contributed by atoms with van der Waals surface area (Å²) in [6.07, 6.45) is 1.98. The molecule has 1 amide bonds. The molecule has 4 aromatic rings. The normalized spacial score (nSPS) is 12.9. The van der Waals surface area contributed by atoms with Gasteiger partial charge in [-0.2, -0.15) is 0 Å². The number of ketones is 1. The lowest BCUT2D eigenvalue weighted by molar-refractivity contribution is 0.0594. The van der Waals surface area contributed by atoms with E-state index in [1.54, 1.807) is 34.9 Å². The monoisotopic (exact) mass is 475 g/mol. The van der Waals surface area contributed by atoms with Crippen LogP contribution >= 0.6 is 0 Å². The standard InChI is InChI=1S/C27H26FN3O4/c1-17-10-11-31-23(15-29-25(31)12-17)24(32)14-20-13-19(8-9-21(20)28)27(34)30-22(16-35-2)26(33)18-6-4-3-5-7-18/h3-13,15,22,26,33H,14,16H2,1-2H3,(H,30,34)/t22-,26-/m0/s1. The SMILES string of the molecule is COC[C@H](NC(=O)c1ccc(F)c(CC(=O)c2cnc3cc(C)ccn23)c1)[C@@H](O)c1ccccc1. The van der Waals surface area contributed by atoms with Crippen LogP contribution in [-0.4, -0.2) is 45.9 Å². The second-order valence-corrected chi connectivity index (χ2v) is 8.37. The van der Waals surface area contributed by atoms with Crippen molar-refractivity contribution >= 4 is 17.3 Å². The van der Waals surface area contributed by atoms with E-state index in [-0.39, 0.29) is 29.9 Å². The molecule has 0 radical (unpaired) electrons. The topological polar surface area (TPSA) is 92.9 Å². The fourth-order valence-electron chi connectivity index (χ4n) is 3.93. The highest BCUT2D eigenvalue weighted by Gasteiger charge is 2.24. The van der Waals surface area contributed by atoms with Crippen molar-refractivity contribution in [3.05, 3.63) is 107 Å². The molecular formula is C27H26FN3O4. The smallest absolute Gasteiger partial charge is 0.251 e. The van der Waals surface area contributed by atoms with Gasteiger partial charge >= 0.3 is 0 Å². The number of carbonyl (C=O) groups is 2. The van der Waals surface area contributed by atoms with Crippen LogP contribution in [-0.2, 0) is 11.2 Å². The number of amides is 1. The maximum atomic E-state index is 14.6. The van der Waals surface area contributed by atoms with E-state index in [4.69, 9.17) is 4.74 Å². The highest BCUT2D eigenvalue weighted by molar-refractivity contribution is 5.98. The van der Waals surface area contributed by atoms with Gasteiger partial charge in [0.2, 0.25) is 0 Å². The van der Waals surface area contributed by atoms with Crippen LogP contribution in [0.15, 0.2) is 73.1 Å². The lowest BCUT2D eigenvalue weighted by atomic mass is 10.0. The number of aryl methyl sites for hydroxylation is 1. The van der Waals surface area contributed by atoms with Crippen LogP contribution in [0.5, 0.6) is 0 Å². The Balaban J connectivity index is 1.52. The Bertz CT molecular complexity index is 1350. The number of methoxy groups -OCH3 is 1. The number of pyridine rings is 1. The molecule has 0 unspecified atom stereocenters. The minimum absolute atomic E-state index is 0.0715. The Kier molecular flexibility index (Phi) is 7.33. The molecule has 0 spiro atoms. The van der Waals surface area contributed by atoms with E-state index in [0.717, 1.165) is 11.6 Å². The summed E-state index contributed by atoms with van der Waals surface area (Å²) in [6, 6.07) is 15.8. The lowest BCUT2D eigenvalue weighted by Gasteiger charge is -2.24. The molecule has 180 valence electrons. The van der Waals surface area contributed by atoms with E-state index < -0.39 is 23.9 Å². The number of hydrogen-bond donors (Lipinski definition) is 2. The van der Waals surface area contributed by atoms with Crippen LogP contribution in [0.25, 0.3) is 5.65 Å². The van der Waals surface area contributed by atoms with Gasteiger partial charge in [0.25, 0.3) is 5.91 Å². The van der Waals surface area contributed by atoms with Crippen molar-refractivity contribution < 1.29 is 23.8 Å². The Morgan fingerprint density at radius 3 is 2.66 bits per heavy atom. The van der Waals surface area contributed by atoms with Crippen LogP contribution < -0.4 is 5.32 Å². The van der Waals surface area contributed by atoms with Crippen LogP contribution in [0.4, 0.5) is 4.39 Å². The largest absolute Gasteiger partial charge is 0.386 e. The van der Waals surface area contributed by atoms with E-state index in [1.807, 2.05) is 25.1 Å². The number of Topliss-reactive ketones (excluding diaryl/α,β-unsaturated/α-hetero) is 1. The third-order valence-electron chi connectivity index (χ3n) is 5.80. The maximum Gasteiger partial charge on any atom is 0.251 e. The number of ether oxygens (including phenoxy) is 1. The number of aromatic nitrogens is 2. The van der Waals surface area contributed by atoms with Gasteiger partial charge in [-0.1, -0.05) is 30.3 Å². The van der Waals surface area contributed by atoms with E-state index in [0.29, 0.717) is 16.9 Å². The average Bonchev–Trinajstić information content (AvgIpc) is 3.28. The number of benzene rings is 2. The van der Waals surface area contributed by atoms with Gasteiger partial charge in [-0.15, -0.1) is 0 Å². The van der Waals surface area contributed by atoms with Crippen molar-refractivity contribution in [3.8, 4) is 0 Å². The van der Waals surface area contributed by atoms with Gasteiger partial charge in [0.05, 0.1) is 18.8 Å². The van der Waals surface area contributed by atoms with E-state index in [2.05, 4.69) is 10.3 Å². The van der Waals surface area contributed by atoms with Crippen molar-refractivity contribution in [2.45, 2.75) is 25.5 Å². The summed E-state index contributed by atoms with van der Waals surface area (Å²) in [5.41, 5.74) is 2.86. The summed E-state index contributed by atoms with van der Waals surface area (Å²) in [5.74, 6) is -1.42. The van der Waals surface area contributed by atoms with E-state index in [1.165, 1.54) is 25.4 Å². The Morgan fingerprint density at radius 1 is 1.14 bits per heavy atom. The molecule has 0 saturated carbocycles. The molecule has 2 heterocycles. The zero-order valence-electron chi connectivity index (χ0n) is 19.4. The number of imidazole rings is 1. The van der Waals surface area contributed by atoms with Crippen LogP contribution in [0.3, 0.4) is 0 Å². The van der Waals surface area contributed by atoms with Crippen molar-refractivity contribution in [1.82, 2.24) is 14.7 Å². The van der Waals surface area contributed by atoms with E-state index >= 15 is 0 Å². The van der Waals surface area contributed by atoms with Crippen LogP contribution in [0.2, 0.25) is 0 Å². The fraction of sp³-hybridized carbons (Fsp3) is 0.222. The van der Waals surface area contributed by atoms with E-state index in [9.17, 15) is 19.1 Å². The summed E-state index contributed by atoms with van der Waals surface area (Å²) >= 11 is 0. The minimum Gasteiger partial charge on any atom is -0.386 e. The molecule has 0 saturated heterocycles. The zero-order chi connectivity index (χ0) is 24.9. The number of rotatable bonds is 9. The highest BCUT2D eigenvalue weighted by atomic mass is 19.1. The summed E-state index contributed by atoms with van der Waals surface area (Å²) in [7, 11) is 1.47. The van der Waals surface area contributed by atoms with Gasteiger partial charge in [-0.25, -0.2) is 9.37 Å². The summed E-state index contributed by atoms with van der Waals surface area (Å²) in [5, 5.41) is 13.5. The first-order chi connectivity index (χ1) is 16.9. The van der Waals surface area contributed by atoms with Crippen molar-refractivity contribution in [3.63, 3.8) is 0 Å². The third-order valence-corrected chi connectivity index (χ3v) is 5.80. The van der Waals surface area contributed by atoms with Crippen LogP contribution in [0.1, 0.15) is 43.6 Å². The highest BCUT2D eigenvalue weighted by Crippen LogP contribution is 2.19. The molecule has 0 aliphatic rings.